The average molecular weight is 203 g/mol. The zero-order valence-electron chi connectivity index (χ0n) is 7.38. The normalized spacial score (nSPS) is 10.3. The van der Waals surface area contributed by atoms with Crippen molar-refractivity contribution < 1.29 is 13.9 Å². The molecule has 1 aromatic rings. The molecular formula is C9H11ClO3. The van der Waals surface area contributed by atoms with Gasteiger partial charge in [-0.15, -0.1) is 0 Å². The number of ketones is 1. The van der Waals surface area contributed by atoms with Crippen LogP contribution in [0.15, 0.2) is 16.5 Å². The molecule has 1 rings (SSSR count). The molecule has 3 nitrogen and oxygen atoms in total. The smallest absolute Gasteiger partial charge is 0.198 e. The molecule has 0 saturated heterocycles. The number of carbonyl (C=O) groups is 1. The Hall–Kier alpha value is -0.800. The van der Waals surface area contributed by atoms with Crippen LogP contribution in [0.4, 0.5) is 0 Å². The second-order valence-corrected chi connectivity index (χ2v) is 3.00. The van der Waals surface area contributed by atoms with Crippen LogP contribution >= 0.6 is 11.6 Å². The second-order valence-electron chi connectivity index (χ2n) is 2.62. The van der Waals surface area contributed by atoms with E-state index in [0.29, 0.717) is 25.2 Å². The van der Waals surface area contributed by atoms with Crippen molar-refractivity contribution in [2.24, 2.45) is 0 Å². The molecule has 4 heteroatoms. The molecule has 1 aromatic heterocycles. The number of Topliss-reactive ketones (excluding diaryl/α,β-unsaturated/α-hetero) is 1. The van der Waals surface area contributed by atoms with Gasteiger partial charge in [-0.3, -0.25) is 4.79 Å². The summed E-state index contributed by atoms with van der Waals surface area (Å²) in [5.41, 5.74) is 0. The molecule has 0 fully saturated rings. The largest absolute Gasteiger partial charge is 0.442 e. The van der Waals surface area contributed by atoms with Crippen molar-refractivity contribution in [3.05, 3.63) is 23.1 Å². The van der Waals surface area contributed by atoms with E-state index in [0.717, 1.165) is 0 Å². The van der Waals surface area contributed by atoms with Crippen LogP contribution in [0.25, 0.3) is 0 Å². The van der Waals surface area contributed by atoms with Crippen molar-refractivity contribution >= 4 is 17.4 Å². The fourth-order valence-electron chi connectivity index (χ4n) is 0.964. The SMILES string of the molecule is COCCCC(=O)c1ccc(Cl)o1. The van der Waals surface area contributed by atoms with Crippen LogP contribution in [0.2, 0.25) is 5.22 Å². The first-order valence-electron chi connectivity index (χ1n) is 4.01. The van der Waals surface area contributed by atoms with Crippen molar-refractivity contribution in [3.63, 3.8) is 0 Å². The maximum atomic E-state index is 11.3. The maximum Gasteiger partial charge on any atom is 0.198 e. The first-order valence-corrected chi connectivity index (χ1v) is 4.39. The molecule has 1 heterocycles. The van der Waals surface area contributed by atoms with Gasteiger partial charge in [0.1, 0.15) is 0 Å². The molecule has 0 radical (unpaired) electrons. The van der Waals surface area contributed by atoms with Crippen molar-refractivity contribution in [1.29, 1.82) is 0 Å². The van der Waals surface area contributed by atoms with E-state index in [2.05, 4.69) is 0 Å². The molecule has 0 unspecified atom stereocenters. The number of rotatable bonds is 5. The summed E-state index contributed by atoms with van der Waals surface area (Å²) < 4.78 is 9.78. The van der Waals surface area contributed by atoms with Gasteiger partial charge in [-0.2, -0.15) is 0 Å². The van der Waals surface area contributed by atoms with E-state index in [9.17, 15) is 4.79 Å². The van der Waals surface area contributed by atoms with Crippen LogP contribution in [0, 0.1) is 0 Å². The molecule has 0 aliphatic heterocycles. The van der Waals surface area contributed by atoms with Gasteiger partial charge < -0.3 is 9.15 Å². The summed E-state index contributed by atoms with van der Waals surface area (Å²) in [6, 6.07) is 3.14. The highest BCUT2D eigenvalue weighted by molar-refractivity contribution is 6.29. The summed E-state index contributed by atoms with van der Waals surface area (Å²) in [6.07, 6.45) is 1.13. The zero-order valence-corrected chi connectivity index (χ0v) is 8.13. The first-order chi connectivity index (χ1) is 6.24. The van der Waals surface area contributed by atoms with Crippen LogP contribution in [0.3, 0.4) is 0 Å². The lowest BCUT2D eigenvalue weighted by atomic mass is 10.2. The predicted molar refractivity (Wildman–Crippen MR) is 49.2 cm³/mol. The molecule has 72 valence electrons. The van der Waals surface area contributed by atoms with Gasteiger partial charge in [-0.25, -0.2) is 0 Å². The van der Waals surface area contributed by atoms with Gasteiger partial charge in [0.2, 0.25) is 0 Å². The molecule has 0 aliphatic rings. The fraction of sp³-hybridized carbons (Fsp3) is 0.444. The van der Waals surface area contributed by atoms with Gasteiger partial charge >= 0.3 is 0 Å². The fourth-order valence-corrected chi connectivity index (χ4v) is 1.11. The minimum Gasteiger partial charge on any atom is -0.442 e. The Morgan fingerprint density at radius 2 is 2.38 bits per heavy atom. The molecule has 0 spiro atoms. The third-order valence-corrected chi connectivity index (χ3v) is 1.80. The molecule has 0 saturated carbocycles. The summed E-state index contributed by atoms with van der Waals surface area (Å²) >= 11 is 5.52. The lowest BCUT2D eigenvalue weighted by Gasteiger charge is -1.96. The van der Waals surface area contributed by atoms with Crippen LogP contribution < -0.4 is 0 Å². The highest BCUT2D eigenvalue weighted by Crippen LogP contribution is 2.15. The lowest BCUT2D eigenvalue weighted by Crippen LogP contribution is -1.99. The highest BCUT2D eigenvalue weighted by atomic mass is 35.5. The highest BCUT2D eigenvalue weighted by Gasteiger charge is 2.09. The standard InChI is InChI=1S/C9H11ClO3/c1-12-6-2-3-7(11)8-4-5-9(10)13-8/h4-5H,2-3,6H2,1H3. The lowest BCUT2D eigenvalue weighted by molar-refractivity contribution is 0.0936. The molecular weight excluding hydrogens is 192 g/mol. The molecule has 0 aliphatic carbocycles. The average Bonchev–Trinajstić information content (AvgIpc) is 2.52. The van der Waals surface area contributed by atoms with Crippen LogP contribution in [-0.4, -0.2) is 19.5 Å². The van der Waals surface area contributed by atoms with E-state index >= 15 is 0 Å². The van der Waals surface area contributed by atoms with Gasteiger partial charge in [-0.05, 0) is 30.2 Å². The van der Waals surface area contributed by atoms with Gasteiger partial charge in [-0.1, -0.05) is 0 Å². The Morgan fingerprint density at radius 1 is 1.62 bits per heavy atom. The van der Waals surface area contributed by atoms with Crippen molar-refractivity contribution in [3.8, 4) is 0 Å². The molecule has 13 heavy (non-hydrogen) atoms. The Kier molecular flexibility index (Phi) is 3.99. The number of methoxy groups -OCH3 is 1. The Bertz CT molecular complexity index is 280. The molecule has 0 N–H and O–H groups in total. The third-order valence-electron chi connectivity index (χ3n) is 1.60. The third kappa shape index (κ3) is 3.20. The molecule has 0 aromatic carbocycles. The molecule has 0 atom stereocenters. The number of hydrogen-bond acceptors (Lipinski definition) is 3. The van der Waals surface area contributed by atoms with Crippen molar-refractivity contribution in [2.45, 2.75) is 12.8 Å². The quantitative estimate of drug-likeness (QED) is 0.544. The number of hydrogen-bond donors (Lipinski definition) is 0. The zero-order chi connectivity index (χ0) is 9.68. The Morgan fingerprint density at radius 3 is 2.92 bits per heavy atom. The summed E-state index contributed by atoms with van der Waals surface area (Å²) in [6.45, 7) is 0.584. The summed E-state index contributed by atoms with van der Waals surface area (Å²) in [5.74, 6) is 0.282. The van der Waals surface area contributed by atoms with E-state index in [4.69, 9.17) is 20.8 Å². The van der Waals surface area contributed by atoms with E-state index in [-0.39, 0.29) is 11.0 Å². The van der Waals surface area contributed by atoms with Crippen molar-refractivity contribution in [1.82, 2.24) is 0 Å². The monoisotopic (exact) mass is 202 g/mol. The number of ether oxygens (including phenoxy) is 1. The summed E-state index contributed by atoms with van der Waals surface area (Å²) in [7, 11) is 1.61. The van der Waals surface area contributed by atoms with E-state index in [1.54, 1.807) is 19.2 Å². The number of halogens is 1. The van der Waals surface area contributed by atoms with Crippen LogP contribution in [-0.2, 0) is 4.74 Å². The van der Waals surface area contributed by atoms with Crippen LogP contribution in [0.1, 0.15) is 23.4 Å². The topological polar surface area (TPSA) is 39.4 Å². The summed E-state index contributed by atoms with van der Waals surface area (Å²) in [4.78, 5) is 11.3. The van der Waals surface area contributed by atoms with Gasteiger partial charge in [0.25, 0.3) is 0 Å². The number of furan rings is 1. The van der Waals surface area contributed by atoms with E-state index in [1.807, 2.05) is 0 Å². The Labute approximate surface area is 81.6 Å². The van der Waals surface area contributed by atoms with E-state index in [1.165, 1.54) is 0 Å². The van der Waals surface area contributed by atoms with Gasteiger partial charge in [0, 0.05) is 20.1 Å². The molecule has 0 amide bonds. The molecule has 0 bridgehead atoms. The predicted octanol–water partition coefficient (Wildman–Crippen LogP) is 2.54. The van der Waals surface area contributed by atoms with Crippen LogP contribution in [0.5, 0.6) is 0 Å². The van der Waals surface area contributed by atoms with Gasteiger partial charge in [0.05, 0.1) is 0 Å². The number of carbonyl (C=O) groups excluding carboxylic acids is 1. The Balaban J connectivity index is 2.40. The van der Waals surface area contributed by atoms with E-state index < -0.39 is 0 Å². The van der Waals surface area contributed by atoms with Crippen molar-refractivity contribution in [2.75, 3.05) is 13.7 Å². The summed E-state index contributed by atoms with van der Waals surface area (Å²) in [5, 5.41) is 0.245. The minimum absolute atomic E-state index is 0.0380. The minimum atomic E-state index is -0.0380. The van der Waals surface area contributed by atoms with Gasteiger partial charge in [0.15, 0.2) is 16.8 Å². The maximum absolute atomic E-state index is 11.3. The second kappa shape index (κ2) is 5.04. The first kappa shape index (κ1) is 10.3.